The zero-order valence-electron chi connectivity index (χ0n) is 17.0. The molecule has 3 rings (SSSR count). The Morgan fingerprint density at radius 1 is 0.897 bits per heavy atom. The second-order valence-electron chi connectivity index (χ2n) is 8.05. The fraction of sp³-hybridized carbons (Fsp3) is 0.667. The van der Waals surface area contributed by atoms with Gasteiger partial charge < -0.3 is 5.32 Å². The van der Waals surface area contributed by atoms with Crippen molar-refractivity contribution in [3.05, 3.63) is 23.2 Å². The standard InChI is InChI=1S/C21H32ClN3O3S/c22-19-11-10-18(29(27,28)25-14-8-4-5-9-15-25)16-20(19)23-21(26)17-24-12-6-2-1-3-7-13-24/h10-11,16H,1-9,12-15,17H2,(H,23,26). The molecular formula is C21H32ClN3O3S. The molecule has 29 heavy (non-hydrogen) atoms. The first kappa shape index (κ1) is 22.5. The van der Waals surface area contributed by atoms with E-state index in [1.807, 2.05) is 0 Å². The average Bonchev–Trinajstić information content (AvgIpc) is 2.95. The molecule has 1 N–H and O–H groups in total. The van der Waals surface area contributed by atoms with E-state index >= 15 is 0 Å². The van der Waals surface area contributed by atoms with E-state index in [0.29, 0.717) is 30.3 Å². The van der Waals surface area contributed by atoms with Gasteiger partial charge in [-0.2, -0.15) is 4.31 Å². The number of carbonyl (C=O) groups is 1. The molecule has 0 spiro atoms. The maximum atomic E-state index is 13.0. The van der Waals surface area contributed by atoms with E-state index in [9.17, 15) is 13.2 Å². The van der Waals surface area contributed by atoms with E-state index in [2.05, 4.69) is 10.2 Å². The number of benzene rings is 1. The van der Waals surface area contributed by atoms with Gasteiger partial charge in [-0.05, 0) is 57.0 Å². The minimum Gasteiger partial charge on any atom is -0.324 e. The van der Waals surface area contributed by atoms with Crippen LogP contribution in [0.15, 0.2) is 23.1 Å². The van der Waals surface area contributed by atoms with Gasteiger partial charge in [-0.25, -0.2) is 8.42 Å². The molecule has 0 radical (unpaired) electrons. The minimum atomic E-state index is -3.58. The molecule has 0 bridgehead atoms. The van der Waals surface area contributed by atoms with Gasteiger partial charge in [0.15, 0.2) is 0 Å². The normalized spacial score (nSPS) is 20.4. The Kier molecular flexibility index (Phi) is 8.35. The predicted molar refractivity (Wildman–Crippen MR) is 117 cm³/mol. The van der Waals surface area contributed by atoms with Crippen LogP contribution in [0.4, 0.5) is 5.69 Å². The fourth-order valence-electron chi connectivity index (χ4n) is 4.06. The zero-order chi connectivity index (χ0) is 20.7. The highest BCUT2D eigenvalue weighted by Gasteiger charge is 2.26. The second kappa shape index (κ2) is 10.8. The number of nitrogens with one attached hydrogen (secondary N) is 1. The van der Waals surface area contributed by atoms with Gasteiger partial charge in [0, 0.05) is 13.1 Å². The number of halogens is 1. The summed E-state index contributed by atoms with van der Waals surface area (Å²) in [6.07, 6.45) is 9.79. The van der Waals surface area contributed by atoms with Crippen molar-refractivity contribution in [2.75, 3.05) is 38.0 Å². The van der Waals surface area contributed by atoms with Crippen LogP contribution in [0.1, 0.15) is 57.8 Å². The summed E-state index contributed by atoms with van der Waals surface area (Å²) in [5.41, 5.74) is 0.361. The smallest absolute Gasteiger partial charge is 0.243 e. The SMILES string of the molecule is O=C(CN1CCCCCCC1)Nc1cc(S(=O)(=O)N2CCCCCC2)ccc1Cl. The lowest BCUT2D eigenvalue weighted by molar-refractivity contribution is -0.117. The number of carbonyl (C=O) groups excluding carboxylic acids is 1. The molecule has 0 aliphatic carbocycles. The Labute approximate surface area is 179 Å². The fourth-order valence-corrected chi connectivity index (χ4v) is 5.76. The van der Waals surface area contributed by atoms with Gasteiger partial charge in [-0.15, -0.1) is 0 Å². The van der Waals surface area contributed by atoms with E-state index in [1.165, 1.54) is 31.4 Å². The van der Waals surface area contributed by atoms with Gasteiger partial charge in [0.1, 0.15) is 0 Å². The van der Waals surface area contributed by atoms with Crippen molar-refractivity contribution >= 4 is 33.2 Å². The third kappa shape index (κ3) is 6.41. The molecule has 2 heterocycles. The Balaban J connectivity index is 1.68. The van der Waals surface area contributed by atoms with Crippen LogP contribution >= 0.6 is 11.6 Å². The van der Waals surface area contributed by atoms with E-state index in [0.717, 1.165) is 51.6 Å². The van der Waals surface area contributed by atoms with Crippen molar-refractivity contribution < 1.29 is 13.2 Å². The molecule has 162 valence electrons. The molecule has 1 aromatic carbocycles. The molecule has 1 amide bonds. The number of rotatable bonds is 5. The zero-order valence-corrected chi connectivity index (χ0v) is 18.6. The van der Waals surface area contributed by atoms with Crippen LogP contribution in [-0.2, 0) is 14.8 Å². The third-order valence-corrected chi connectivity index (χ3v) is 7.95. The van der Waals surface area contributed by atoms with Crippen molar-refractivity contribution in [3.63, 3.8) is 0 Å². The van der Waals surface area contributed by atoms with Crippen LogP contribution < -0.4 is 5.32 Å². The molecule has 0 aromatic heterocycles. The number of nitrogens with zero attached hydrogens (tertiary/aromatic N) is 2. The first-order valence-corrected chi connectivity index (χ1v) is 12.6. The summed E-state index contributed by atoms with van der Waals surface area (Å²) in [5, 5.41) is 3.17. The Morgan fingerprint density at radius 2 is 1.45 bits per heavy atom. The maximum Gasteiger partial charge on any atom is 0.243 e. The summed E-state index contributed by atoms with van der Waals surface area (Å²) in [7, 11) is -3.58. The summed E-state index contributed by atoms with van der Waals surface area (Å²) < 4.78 is 27.6. The summed E-state index contributed by atoms with van der Waals surface area (Å²) in [6.45, 7) is 3.23. The number of hydrogen-bond donors (Lipinski definition) is 1. The molecular weight excluding hydrogens is 410 g/mol. The number of sulfonamides is 1. The topological polar surface area (TPSA) is 69.7 Å². The lowest BCUT2D eigenvalue weighted by Crippen LogP contribution is -2.35. The molecule has 1 aromatic rings. The quantitative estimate of drug-likeness (QED) is 0.746. The monoisotopic (exact) mass is 441 g/mol. The minimum absolute atomic E-state index is 0.156. The van der Waals surface area contributed by atoms with Gasteiger partial charge >= 0.3 is 0 Å². The molecule has 2 aliphatic heterocycles. The summed E-state index contributed by atoms with van der Waals surface area (Å²) in [5.74, 6) is -0.156. The maximum absolute atomic E-state index is 13.0. The molecule has 2 saturated heterocycles. The molecule has 2 fully saturated rings. The highest BCUT2D eigenvalue weighted by Crippen LogP contribution is 2.28. The van der Waals surface area contributed by atoms with Crippen molar-refractivity contribution in [1.82, 2.24) is 9.21 Å². The third-order valence-electron chi connectivity index (χ3n) is 5.73. The summed E-state index contributed by atoms with van der Waals surface area (Å²) in [6, 6.07) is 4.57. The Morgan fingerprint density at radius 3 is 2.07 bits per heavy atom. The number of amides is 1. The highest BCUT2D eigenvalue weighted by molar-refractivity contribution is 7.89. The summed E-state index contributed by atoms with van der Waals surface area (Å²) >= 11 is 6.26. The number of likely N-dealkylation sites (tertiary alicyclic amines) is 1. The molecule has 0 unspecified atom stereocenters. The van der Waals surface area contributed by atoms with Gasteiger partial charge in [-0.3, -0.25) is 9.69 Å². The summed E-state index contributed by atoms with van der Waals surface area (Å²) in [4.78, 5) is 14.9. The molecule has 6 nitrogen and oxygen atoms in total. The van der Waals surface area contributed by atoms with Crippen molar-refractivity contribution in [2.45, 2.75) is 62.7 Å². The molecule has 0 saturated carbocycles. The Hall–Kier alpha value is -1.15. The van der Waals surface area contributed by atoms with Crippen LogP contribution in [-0.4, -0.2) is 56.3 Å². The predicted octanol–water partition coefficient (Wildman–Crippen LogP) is 4.11. The van der Waals surface area contributed by atoms with Gasteiger partial charge in [0.25, 0.3) is 0 Å². The average molecular weight is 442 g/mol. The largest absolute Gasteiger partial charge is 0.324 e. The molecule has 2 aliphatic rings. The van der Waals surface area contributed by atoms with Gasteiger partial charge in [0.05, 0.1) is 22.2 Å². The van der Waals surface area contributed by atoms with E-state index in [4.69, 9.17) is 11.6 Å². The van der Waals surface area contributed by atoms with E-state index in [-0.39, 0.29) is 10.8 Å². The lowest BCUT2D eigenvalue weighted by atomic mass is 10.1. The Bertz CT molecular complexity index is 784. The van der Waals surface area contributed by atoms with Crippen LogP contribution in [0, 0.1) is 0 Å². The van der Waals surface area contributed by atoms with Gasteiger partial charge in [-0.1, -0.05) is 43.7 Å². The van der Waals surface area contributed by atoms with Crippen LogP contribution in [0.2, 0.25) is 5.02 Å². The first-order valence-electron chi connectivity index (χ1n) is 10.8. The first-order chi connectivity index (χ1) is 14.0. The molecule has 8 heteroatoms. The van der Waals surface area contributed by atoms with Crippen molar-refractivity contribution in [1.29, 1.82) is 0 Å². The second-order valence-corrected chi connectivity index (χ2v) is 10.4. The van der Waals surface area contributed by atoms with E-state index in [1.54, 1.807) is 10.4 Å². The van der Waals surface area contributed by atoms with Crippen LogP contribution in [0.3, 0.4) is 0 Å². The van der Waals surface area contributed by atoms with Crippen molar-refractivity contribution in [2.24, 2.45) is 0 Å². The van der Waals surface area contributed by atoms with E-state index < -0.39 is 10.0 Å². The molecule has 0 atom stereocenters. The number of anilines is 1. The highest BCUT2D eigenvalue weighted by atomic mass is 35.5. The lowest BCUT2D eigenvalue weighted by Gasteiger charge is -2.24. The van der Waals surface area contributed by atoms with Crippen molar-refractivity contribution in [3.8, 4) is 0 Å². The number of hydrogen-bond acceptors (Lipinski definition) is 4. The van der Waals surface area contributed by atoms with Gasteiger partial charge in [0.2, 0.25) is 15.9 Å². The van der Waals surface area contributed by atoms with Crippen LogP contribution in [0.5, 0.6) is 0 Å². The van der Waals surface area contributed by atoms with Crippen LogP contribution in [0.25, 0.3) is 0 Å².